The monoisotopic (exact) mass is 341 g/mol. The highest BCUT2D eigenvalue weighted by molar-refractivity contribution is 5.98. The van der Waals surface area contributed by atoms with Gasteiger partial charge in [-0.2, -0.15) is 0 Å². The largest absolute Gasteiger partial charge is 0.343 e. The molecule has 0 bridgehead atoms. The van der Waals surface area contributed by atoms with Gasteiger partial charge in [-0.3, -0.25) is 14.6 Å². The van der Waals surface area contributed by atoms with Crippen molar-refractivity contribution in [3.63, 3.8) is 0 Å². The Morgan fingerprint density at radius 3 is 2.44 bits per heavy atom. The van der Waals surface area contributed by atoms with Crippen molar-refractivity contribution in [2.24, 2.45) is 0 Å². The topological polar surface area (TPSA) is 62.3 Å². The molecular formula is C19H20FN3O2. The second-order valence-corrected chi connectivity index (χ2v) is 5.67. The van der Waals surface area contributed by atoms with Crippen LogP contribution in [0.4, 0.5) is 4.39 Å². The second kappa shape index (κ2) is 8.73. The molecule has 5 nitrogen and oxygen atoms in total. The van der Waals surface area contributed by atoms with E-state index < -0.39 is 0 Å². The number of amides is 2. The third kappa shape index (κ3) is 5.84. The maximum absolute atomic E-state index is 12.9. The predicted molar refractivity (Wildman–Crippen MR) is 93.8 cm³/mol. The molecule has 0 saturated carbocycles. The summed E-state index contributed by atoms with van der Waals surface area (Å²) in [5.41, 5.74) is 2.12. The van der Waals surface area contributed by atoms with Gasteiger partial charge in [0.1, 0.15) is 5.82 Å². The van der Waals surface area contributed by atoms with Gasteiger partial charge >= 0.3 is 0 Å². The molecule has 2 rings (SSSR count). The van der Waals surface area contributed by atoms with E-state index in [4.69, 9.17) is 0 Å². The first-order valence-electron chi connectivity index (χ1n) is 7.80. The zero-order valence-electron chi connectivity index (χ0n) is 14.2. The molecule has 0 unspecified atom stereocenters. The van der Waals surface area contributed by atoms with Crippen molar-refractivity contribution >= 4 is 17.9 Å². The third-order valence-electron chi connectivity index (χ3n) is 3.61. The van der Waals surface area contributed by atoms with Crippen LogP contribution in [0.15, 0.2) is 54.4 Å². The van der Waals surface area contributed by atoms with Crippen LogP contribution < -0.4 is 5.32 Å². The van der Waals surface area contributed by atoms with E-state index in [-0.39, 0.29) is 24.2 Å². The first-order valence-corrected chi connectivity index (χ1v) is 7.80. The molecule has 0 spiro atoms. The van der Waals surface area contributed by atoms with E-state index in [0.717, 1.165) is 11.1 Å². The molecule has 0 aliphatic rings. The van der Waals surface area contributed by atoms with Gasteiger partial charge in [0.05, 0.1) is 6.54 Å². The fourth-order valence-corrected chi connectivity index (χ4v) is 2.16. The maximum atomic E-state index is 12.9. The Bertz CT molecular complexity index is 758. The lowest BCUT2D eigenvalue weighted by molar-refractivity contribution is -0.131. The Kier molecular flexibility index (Phi) is 6.39. The summed E-state index contributed by atoms with van der Waals surface area (Å²) in [6, 6.07) is 9.48. The van der Waals surface area contributed by atoms with Crippen LogP contribution >= 0.6 is 0 Å². The van der Waals surface area contributed by atoms with Crippen molar-refractivity contribution in [1.29, 1.82) is 0 Å². The van der Waals surface area contributed by atoms with Crippen molar-refractivity contribution in [2.75, 3.05) is 13.6 Å². The lowest BCUT2D eigenvalue weighted by Gasteiger charge is -2.17. The van der Waals surface area contributed by atoms with E-state index in [1.165, 1.54) is 17.0 Å². The van der Waals surface area contributed by atoms with Crippen LogP contribution in [0.5, 0.6) is 0 Å². The average molecular weight is 341 g/mol. The summed E-state index contributed by atoms with van der Waals surface area (Å²) in [6.07, 6.45) is 4.97. The van der Waals surface area contributed by atoms with Gasteiger partial charge < -0.3 is 10.2 Å². The van der Waals surface area contributed by atoms with Crippen molar-refractivity contribution < 1.29 is 14.0 Å². The van der Waals surface area contributed by atoms with E-state index >= 15 is 0 Å². The Balaban J connectivity index is 1.85. The number of nitrogens with one attached hydrogen (secondary N) is 1. The van der Waals surface area contributed by atoms with Crippen molar-refractivity contribution in [3.8, 4) is 0 Å². The summed E-state index contributed by atoms with van der Waals surface area (Å²) < 4.78 is 12.9. The van der Waals surface area contributed by atoms with Crippen LogP contribution in [0.25, 0.3) is 6.08 Å². The smallest absolute Gasteiger partial charge is 0.247 e. The Morgan fingerprint density at radius 2 is 1.80 bits per heavy atom. The molecule has 0 aliphatic carbocycles. The number of nitrogens with zero attached hydrogens (tertiary/aromatic N) is 2. The van der Waals surface area contributed by atoms with Gasteiger partial charge in [0, 0.05) is 31.6 Å². The maximum Gasteiger partial charge on any atom is 0.247 e. The summed E-state index contributed by atoms with van der Waals surface area (Å²) in [7, 11) is 1.68. The van der Waals surface area contributed by atoms with Crippen LogP contribution in [0.3, 0.4) is 0 Å². The number of carbonyl (C=O) groups is 2. The van der Waals surface area contributed by atoms with Crippen LogP contribution in [-0.2, 0) is 16.1 Å². The highest BCUT2D eigenvalue weighted by Crippen LogP contribution is 2.08. The summed E-state index contributed by atoms with van der Waals surface area (Å²) in [5.74, 6) is -0.864. The summed E-state index contributed by atoms with van der Waals surface area (Å²) in [4.78, 5) is 29.6. The van der Waals surface area contributed by atoms with Gasteiger partial charge in [-0.1, -0.05) is 12.1 Å². The van der Waals surface area contributed by atoms with Gasteiger partial charge in [-0.25, -0.2) is 4.39 Å². The molecule has 0 fully saturated rings. The molecule has 130 valence electrons. The quantitative estimate of drug-likeness (QED) is 0.821. The lowest BCUT2D eigenvalue weighted by atomic mass is 10.1. The van der Waals surface area contributed by atoms with Gasteiger partial charge in [-0.05, 0) is 48.4 Å². The van der Waals surface area contributed by atoms with Crippen LogP contribution in [0.1, 0.15) is 18.1 Å². The molecule has 1 aromatic heterocycles. The zero-order valence-corrected chi connectivity index (χ0v) is 14.2. The molecule has 0 saturated heterocycles. The van der Waals surface area contributed by atoms with E-state index in [2.05, 4.69) is 10.3 Å². The minimum atomic E-state index is -0.338. The number of likely N-dealkylation sites (N-methyl/N-ethyl adjacent to an activating group) is 1. The van der Waals surface area contributed by atoms with E-state index in [1.54, 1.807) is 44.6 Å². The van der Waals surface area contributed by atoms with E-state index in [0.29, 0.717) is 12.1 Å². The number of halogens is 1. The second-order valence-electron chi connectivity index (χ2n) is 5.67. The molecule has 0 radical (unpaired) electrons. The van der Waals surface area contributed by atoms with Gasteiger partial charge in [-0.15, -0.1) is 0 Å². The average Bonchev–Trinajstić information content (AvgIpc) is 2.62. The molecule has 2 aromatic rings. The van der Waals surface area contributed by atoms with Crippen molar-refractivity contribution in [1.82, 2.24) is 15.2 Å². The van der Waals surface area contributed by atoms with Crippen LogP contribution in [0, 0.1) is 5.82 Å². The SMILES string of the molecule is CC(=Cc1ccc(F)cc1)C(=O)NCC(=O)N(C)Cc1ccncc1. The first-order chi connectivity index (χ1) is 12.0. The highest BCUT2D eigenvalue weighted by Gasteiger charge is 2.12. The van der Waals surface area contributed by atoms with E-state index in [9.17, 15) is 14.0 Å². The van der Waals surface area contributed by atoms with Crippen molar-refractivity contribution in [2.45, 2.75) is 13.5 Å². The minimum Gasteiger partial charge on any atom is -0.343 e. The van der Waals surface area contributed by atoms with Gasteiger partial charge in [0.2, 0.25) is 11.8 Å². The third-order valence-corrected chi connectivity index (χ3v) is 3.61. The number of aromatic nitrogens is 1. The highest BCUT2D eigenvalue weighted by atomic mass is 19.1. The molecular weight excluding hydrogens is 321 g/mol. The number of hydrogen-bond acceptors (Lipinski definition) is 3. The fraction of sp³-hybridized carbons (Fsp3) is 0.211. The number of pyridine rings is 1. The molecule has 1 heterocycles. The molecule has 6 heteroatoms. The molecule has 0 aliphatic heterocycles. The summed E-state index contributed by atoms with van der Waals surface area (Å²) >= 11 is 0. The molecule has 25 heavy (non-hydrogen) atoms. The number of benzene rings is 1. The Morgan fingerprint density at radius 1 is 1.16 bits per heavy atom. The normalized spacial score (nSPS) is 11.1. The van der Waals surface area contributed by atoms with Gasteiger partial charge in [0.25, 0.3) is 0 Å². The minimum absolute atomic E-state index is 0.0883. The first kappa shape index (κ1) is 18.3. The zero-order chi connectivity index (χ0) is 18.2. The molecule has 1 aromatic carbocycles. The fourth-order valence-electron chi connectivity index (χ4n) is 2.16. The standard InChI is InChI=1S/C19H20FN3O2/c1-14(11-15-3-5-17(20)6-4-15)19(25)22-12-18(24)23(2)13-16-7-9-21-10-8-16/h3-11H,12-13H2,1-2H3,(H,22,25). The number of hydrogen-bond donors (Lipinski definition) is 1. The number of carbonyl (C=O) groups excluding carboxylic acids is 2. The molecule has 0 atom stereocenters. The van der Waals surface area contributed by atoms with Gasteiger partial charge in [0.15, 0.2) is 0 Å². The summed E-state index contributed by atoms with van der Waals surface area (Å²) in [6.45, 7) is 2.00. The molecule has 2 amide bonds. The summed E-state index contributed by atoms with van der Waals surface area (Å²) in [5, 5.41) is 2.60. The van der Waals surface area contributed by atoms with Crippen molar-refractivity contribution in [3.05, 3.63) is 71.3 Å². The lowest BCUT2D eigenvalue weighted by Crippen LogP contribution is -2.38. The Hall–Kier alpha value is -3.02. The number of rotatable bonds is 6. The Labute approximate surface area is 146 Å². The predicted octanol–water partition coefficient (Wildman–Crippen LogP) is 2.40. The van der Waals surface area contributed by atoms with Crippen LogP contribution in [-0.4, -0.2) is 35.3 Å². The van der Waals surface area contributed by atoms with E-state index in [1.807, 2.05) is 12.1 Å². The molecule has 1 N–H and O–H groups in total. The van der Waals surface area contributed by atoms with Crippen LogP contribution in [0.2, 0.25) is 0 Å².